The first-order valence-electron chi connectivity index (χ1n) is 9.94. The Morgan fingerprint density at radius 3 is 2.53 bits per heavy atom. The van der Waals surface area contributed by atoms with Crippen molar-refractivity contribution < 1.29 is 4.79 Å². The van der Waals surface area contributed by atoms with Gasteiger partial charge in [-0.05, 0) is 73.9 Å². The molecule has 0 bridgehead atoms. The van der Waals surface area contributed by atoms with E-state index in [-0.39, 0.29) is 5.91 Å². The van der Waals surface area contributed by atoms with Gasteiger partial charge in [0.05, 0.1) is 23.6 Å². The van der Waals surface area contributed by atoms with Crippen LogP contribution in [-0.4, -0.2) is 20.7 Å². The van der Waals surface area contributed by atoms with Crippen molar-refractivity contribution in [2.24, 2.45) is 0 Å². The zero-order valence-corrected chi connectivity index (χ0v) is 17.4. The highest BCUT2D eigenvalue weighted by atomic mass is 16.2. The van der Waals surface area contributed by atoms with Crippen LogP contribution < -0.4 is 5.32 Å². The molecule has 0 radical (unpaired) electrons. The van der Waals surface area contributed by atoms with E-state index in [4.69, 9.17) is 5.10 Å². The number of benzene rings is 2. The van der Waals surface area contributed by atoms with E-state index in [1.54, 1.807) is 10.9 Å². The molecule has 0 unspecified atom stereocenters. The molecular weight excluding hydrogens is 372 g/mol. The molecule has 0 saturated heterocycles. The standard InChI is InChI=1S/C25H24N4O/c1-17-7-6-9-22(13-17)29-24(25(30)27-16-21-8-4-5-12-26-21)15-23(28-29)20-11-10-18(2)19(3)14-20/h4-15H,16H2,1-3H3,(H,27,30). The first-order chi connectivity index (χ1) is 14.5. The number of aryl methyl sites for hydroxylation is 3. The summed E-state index contributed by atoms with van der Waals surface area (Å²) in [5.41, 5.74) is 7.44. The summed E-state index contributed by atoms with van der Waals surface area (Å²) in [4.78, 5) is 17.3. The van der Waals surface area contributed by atoms with Crippen LogP contribution in [0.3, 0.4) is 0 Å². The normalized spacial score (nSPS) is 10.8. The van der Waals surface area contributed by atoms with Crippen LogP contribution in [-0.2, 0) is 6.54 Å². The summed E-state index contributed by atoms with van der Waals surface area (Å²) in [6.45, 7) is 6.55. The van der Waals surface area contributed by atoms with Crippen LogP contribution >= 0.6 is 0 Å². The Bertz CT molecular complexity index is 1200. The number of aromatic nitrogens is 3. The van der Waals surface area contributed by atoms with E-state index in [1.165, 1.54) is 11.1 Å². The van der Waals surface area contributed by atoms with E-state index in [0.29, 0.717) is 12.2 Å². The molecule has 4 aromatic rings. The molecule has 30 heavy (non-hydrogen) atoms. The number of carbonyl (C=O) groups is 1. The van der Waals surface area contributed by atoms with Crippen LogP contribution in [0.4, 0.5) is 0 Å². The number of rotatable bonds is 5. The third-order valence-electron chi connectivity index (χ3n) is 5.15. The van der Waals surface area contributed by atoms with Crippen LogP contribution in [0.25, 0.3) is 16.9 Å². The van der Waals surface area contributed by atoms with Crippen LogP contribution in [0.2, 0.25) is 0 Å². The Labute approximate surface area is 176 Å². The number of nitrogens with zero attached hydrogens (tertiary/aromatic N) is 3. The monoisotopic (exact) mass is 396 g/mol. The minimum Gasteiger partial charge on any atom is -0.345 e. The van der Waals surface area contributed by atoms with Gasteiger partial charge in [0.1, 0.15) is 5.69 Å². The first-order valence-corrected chi connectivity index (χ1v) is 9.94. The van der Waals surface area contributed by atoms with Gasteiger partial charge in [0.15, 0.2) is 0 Å². The zero-order valence-electron chi connectivity index (χ0n) is 17.4. The fraction of sp³-hybridized carbons (Fsp3) is 0.160. The first kappa shape index (κ1) is 19.6. The molecule has 0 aliphatic heterocycles. The topological polar surface area (TPSA) is 59.8 Å². The number of amides is 1. The largest absolute Gasteiger partial charge is 0.345 e. The lowest BCUT2D eigenvalue weighted by molar-refractivity contribution is 0.0942. The molecule has 5 nitrogen and oxygen atoms in total. The number of hydrogen-bond donors (Lipinski definition) is 1. The third kappa shape index (κ3) is 4.15. The van der Waals surface area contributed by atoms with Gasteiger partial charge in [0.25, 0.3) is 5.91 Å². The molecule has 5 heteroatoms. The van der Waals surface area contributed by atoms with Crippen LogP contribution in [0.5, 0.6) is 0 Å². The Kier molecular flexibility index (Phi) is 5.44. The van der Waals surface area contributed by atoms with Gasteiger partial charge < -0.3 is 5.32 Å². The molecule has 2 heterocycles. The molecule has 4 rings (SSSR count). The van der Waals surface area contributed by atoms with Gasteiger partial charge in [0, 0.05) is 11.8 Å². The second-order valence-corrected chi connectivity index (χ2v) is 7.47. The molecule has 1 N–H and O–H groups in total. The molecule has 0 atom stereocenters. The van der Waals surface area contributed by atoms with Crippen LogP contribution in [0.15, 0.2) is 72.9 Å². The highest BCUT2D eigenvalue weighted by Crippen LogP contribution is 2.24. The quantitative estimate of drug-likeness (QED) is 0.528. The summed E-state index contributed by atoms with van der Waals surface area (Å²) in [6, 6.07) is 21.7. The average Bonchev–Trinajstić information content (AvgIpc) is 3.20. The van der Waals surface area contributed by atoms with Crippen molar-refractivity contribution in [3.63, 3.8) is 0 Å². The van der Waals surface area contributed by atoms with E-state index in [1.807, 2.05) is 61.5 Å². The van der Waals surface area contributed by atoms with E-state index in [0.717, 1.165) is 28.2 Å². The highest BCUT2D eigenvalue weighted by Gasteiger charge is 2.18. The molecule has 0 spiro atoms. The Hall–Kier alpha value is -3.73. The van der Waals surface area contributed by atoms with Crippen molar-refractivity contribution in [1.82, 2.24) is 20.1 Å². The molecular formula is C25H24N4O. The van der Waals surface area contributed by atoms with Crippen molar-refractivity contribution in [1.29, 1.82) is 0 Å². The Morgan fingerprint density at radius 2 is 1.80 bits per heavy atom. The average molecular weight is 396 g/mol. The fourth-order valence-corrected chi connectivity index (χ4v) is 3.31. The molecule has 2 aromatic heterocycles. The van der Waals surface area contributed by atoms with Gasteiger partial charge in [-0.2, -0.15) is 5.10 Å². The Morgan fingerprint density at radius 1 is 0.933 bits per heavy atom. The molecule has 2 aromatic carbocycles. The van der Waals surface area contributed by atoms with Crippen molar-refractivity contribution in [2.45, 2.75) is 27.3 Å². The van der Waals surface area contributed by atoms with Crippen molar-refractivity contribution in [2.75, 3.05) is 0 Å². The maximum absolute atomic E-state index is 13.1. The van der Waals surface area contributed by atoms with Crippen molar-refractivity contribution in [3.05, 3.63) is 101 Å². The van der Waals surface area contributed by atoms with E-state index in [2.05, 4.69) is 36.3 Å². The zero-order chi connectivity index (χ0) is 21.1. The number of carbonyl (C=O) groups excluding carboxylic acids is 1. The predicted molar refractivity (Wildman–Crippen MR) is 119 cm³/mol. The Balaban J connectivity index is 1.72. The third-order valence-corrected chi connectivity index (χ3v) is 5.15. The fourth-order valence-electron chi connectivity index (χ4n) is 3.31. The molecule has 150 valence electrons. The van der Waals surface area contributed by atoms with Crippen LogP contribution in [0, 0.1) is 20.8 Å². The number of hydrogen-bond acceptors (Lipinski definition) is 3. The van der Waals surface area contributed by atoms with Gasteiger partial charge in [-0.15, -0.1) is 0 Å². The molecule has 0 fully saturated rings. The SMILES string of the molecule is Cc1cccc(-n2nc(-c3ccc(C)c(C)c3)cc2C(=O)NCc2ccccn2)c1. The van der Waals surface area contributed by atoms with Crippen molar-refractivity contribution in [3.8, 4) is 16.9 Å². The maximum atomic E-state index is 13.1. The summed E-state index contributed by atoms with van der Waals surface area (Å²) in [7, 11) is 0. The summed E-state index contributed by atoms with van der Waals surface area (Å²) in [5.74, 6) is -0.190. The molecule has 0 aliphatic rings. The lowest BCUT2D eigenvalue weighted by Gasteiger charge is -2.09. The summed E-state index contributed by atoms with van der Waals surface area (Å²) >= 11 is 0. The van der Waals surface area contributed by atoms with Gasteiger partial charge in [-0.1, -0.05) is 30.3 Å². The highest BCUT2D eigenvalue weighted by molar-refractivity contribution is 5.94. The van der Waals surface area contributed by atoms with Gasteiger partial charge >= 0.3 is 0 Å². The van der Waals surface area contributed by atoms with E-state index >= 15 is 0 Å². The van der Waals surface area contributed by atoms with E-state index in [9.17, 15) is 4.79 Å². The summed E-state index contributed by atoms with van der Waals surface area (Å²) < 4.78 is 1.71. The predicted octanol–water partition coefficient (Wildman–Crippen LogP) is 4.79. The number of nitrogens with one attached hydrogen (secondary N) is 1. The minimum atomic E-state index is -0.190. The van der Waals surface area contributed by atoms with Crippen molar-refractivity contribution >= 4 is 5.91 Å². The second-order valence-electron chi connectivity index (χ2n) is 7.47. The van der Waals surface area contributed by atoms with Gasteiger partial charge in [-0.25, -0.2) is 4.68 Å². The smallest absolute Gasteiger partial charge is 0.270 e. The van der Waals surface area contributed by atoms with E-state index < -0.39 is 0 Å². The van der Waals surface area contributed by atoms with Crippen LogP contribution in [0.1, 0.15) is 32.9 Å². The summed E-state index contributed by atoms with van der Waals surface area (Å²) in [5, 5.41) is 7.74. The maximum Gasteiger partial charge on any atom is 0.270 e. The lowest BCUT2D eigenvalue weighted by atomic mass is 10.0. The molecule has 0 saturated carbocycles. The lowest BCUT2D eigenvalue weighted by Crippen LogP contribution is -2.25. The summed E-state index contributed by atoms with van der Waals surface area (Å²) in [6.07, 6.45) is 1.72. The van der Waals surface area contributed by atoms with Gasteiger partial charge in [-0.3, -0.25) is 9.78 Å². The second kappa shape index (κ2) is 8.33. The van der Waals surface area contributed by atoms with Gasteiger partial charge in [0.2, 0.25) is 0 Å². The minimum absolute atomic E-state index is 0.190. The molecule has 0 aliphatic carbocycles. The molecule has 1 amide bonds. The number of pyridine rings is 1.